The average molecular weight is 298 g/mol. The third-order valence-corrected chi connectivity index (χ3v) is 6.71. The topological polar surface area (TPSA) is 20.2 Å². The normalized spacial score (nSPS) is 41.1. The van der Waals surface area contributed by atoms with E-state index in [1.165, 1.54) is 12.0 Å². The molecule has 0 spiro atoms. The van der Waals surface area contributed by atoms with E-state index in [0.29, 0.717) is 30.3 Å². The minimum absolute atomic E-state index is 0.00426. The van der Waals surface area contributed by atoms with Gasteiger partial charge in [0.2, 0.25) is 0 Å². The van der Waals surface area contributed by atoms with E-state index in [4.69, 9.17) is 0 Å². The number of rotatable bonds is 3. The Morgan fingerprint density at radius 3 is 2.41 bits per heavy atom. The van der Waals surface area contributed by atoms with Gasteiger partial charge in [-0.2, -0.15) is 0 Å². The first-order valence-electron chi connectivity index (χ1n) is 8.89. The number of fused-ring (bicyclic) bond motifs is 1. The summed E-state index contributed by atoms with van der Waals surface area (Å²) in [6.45, 7) is 9.69. The fourth-order valence-corrected chi connectivity index (χ4v) is 5.85. The van der Waals surface area contributed by atoms with E-state index in [1.807, 2.05) is 0 Å². The van der Waals surface area contributed by atoms with Crippen LogP contribution in [0.4, 0.5) is 0 Å². The molecule has 0 bridgehead atoms. The van der Waals surface area contributed by atoms with Crippen LogP contribution in [-0.2, 0) is 0 Å². The SMILES string of the molecule is CC[C@@]1(CO)[C@@H]2[C@@H](C(C)=C[C@@H]1c1ccccc1)[C@H](C)C[C@H]2C. The third-order valence-electron chi connectivity index (χ3n) is 6.71. The number of allylic oxidation sites excluding steroid dienone is 2. The van der Waals surface area contributed by atoms with E-state index in [-0.39, 0.29) is 5.41 Å². The molecule has 0 radical (unpaired) electrons. The maximum absolute atomic E-state index is 10.5. The Labute approximate surface area is 135 Å². The maximum atomic E-state index is 10.5. The lowest BCUT2D eigenvalue weighted by atomic mass is 9.54. The Kier molecular flexibility index (Phi) is 4.20. The van der Waals surface area contributed by atoms with Gasteiger partial charge >= 0.3 is 0 Å². The van der Waals surface area contributed by atoms with Gasteiger partial charge in [-0.1, -0.05) is 62.8 Å². The molecular weight excluding hydrogens is 268 g/mol. The van der Waals surface area contributed by atoms with E-state index in [2.05, 4.69) is 64.1 Å². The molecule has 6 atom stereocenters. The van der Waals surface area contributed by atoms with Crippen LogP contribution in [0.3, 0.4) is 0 Å². The van der Waals surface area contributed by atoms with Crippen LogP contribution in [-0.4, -0.2) is 11.7 Å². The fraction of sp³-hybridized carbons (Fsp3) is 0.619. The minimum atomic E-state index is -0.00426. The lowest BCUT2D eigenvalue weighted by molar-refractivity contribution is -0.00101. The predicted molar refractivity (Wildman–Crippen MR) is 92.7 cm³/mol. The molecule has 1 nitrogen and oxygen atoms in total. The van der Waals surface area contributed by atoms with Crippen molar-refractivity contribution in [2.24, 2.45) is 29.1 Å². The van der Waals surface area contributed by atoms with Crippen molar-refractivity contribution in [3.05, 3.63) is 47.5 Å². The van der Waals surface area contributed by atoms with Crippen molar-refractivity contribution >= 4 is 0 Å². The quantitative estimate of drug-likeness (QED) is 0.776. The van der Waals surface area contributed by atoms with Crippen LogP contribution in [0, 0.1) is 29.1 Å². The zero-order valence-electron chi connectivity index (χ0n) is 14.4. The first-order chi connectivity index (χ1) is 10.5. The monoisotopic (exact) mass is 298 g/mol. The summed E-state index contributed by atoms with van der Waals surface area (Å²) in [6, 6.07) is 10.8. The molecule has 1 aromatic carbocycles. The van der Waals surface area contributed by atoms with Crippen molar-refractivity contribution < 1.29 is 5.11 Å². The lowest BCUT2D eigenvalue weighted by Gasteiger charge is -2.51. The Balaban J connectivity index is 2.15. The zero-order valence-corrected chi connectivity index (χ0v) is 14.4. The summed E-state index contributed by atoms with van der Waals surface area (Å²) in [6.07, 6.45) is 4.82. The molecule has 0 heterocycles. The van der Waals surface area contributed by atoms with Gasteiger partial charge in [-0.3, -0.25) is 0 Å². The summed E-state index contributed by atoms with van der Waals surface area (Å²) in [7, 11) is 0. The summed E-state index contributed by atoms with van der Waals surface area (Å²) < 4.78 is 0. The molecular formula is C21H30O. The first kappa shape index (κ1) is 15.8. The van der Waals surface area contributed by atoms with Crippen LogP contribution in [0.5, 0.6) is 0 Å². The summed E-state index contributed by atoms with van der Waals surface area (Å²) in [5, 5.41) is 10.5. The minimum Gasteiger partial charge on any atom is -0.396 e. The molecule has 1 saturated carbocycles. The summed E-state index contributed by atoms with van der Waals surface area (Å²) in [4.78, 5) is 0. The molecule has 0 saturated heterocycles. The Hall–Kier alpha value is -1.08. The van der Waals surface area contributed by atoms with Crippen molar-refractivity contribution in [2.75, 3.05) is 6.61 Å². The molecule has 3 rings (SSSR count). The molecule has 1 fully saturated rings. The molecule has 120 valence electrons. The van der Waals surface area contributed by atoms with Gasteiger partial charge in [0.15, 0.2) is 0 Å². The van der Waals surface area contributed by atoms with Crippen LogP contribution in [0.15, 0.2) is 42.0 Å². The van der Waals surface area contributed by atoms with Crippen LogP contribution in [0.2, 0.25) is 0 Å². The summed E-state index contributed by atoms with van der Waals surface area (Å²) in [5.74, 6) is 3.04. The van der Waals surface area contributed by atoms with Crippen LogP contribution < -0.4 is 0 Å². The van der Waals surface area contributed by atoms with Gasteiger partial charge in [-0.05, 0) is 49.0 Å². The molecule has 2 aliphatic carbocycles. The molecule has 0 unspecified atom stereocenters. The van der Waals surface area contributed by atoms with Crippen LogP contribution >= 0.6 is 0 Å². The van der Waals surface area contributed by atoms with E-state index >= 15 is 0 Å². The van der Waals surface area contributed by atoms with Gasteiger partial charge in [0.05, 0.1) is 0 Å². The Bertz CT molecular complexity index is 540. The number of aliphatic hydroxyl groups is 1. The van der Waals surface area contributed by atoms with Crippen molar-refractivity contribution in [1.82, 2.24) is 0 Å². The molecule has 0 amide bonds. The van der Waals surface area contributed by atoms with Crippen molar-refractivity contribution in [2.45, 2.75) is 46.5 Å². The van der Waals surface area contributed by atoms with Gasteiger partial charge in [-0.15, -0.1) is 0 Å². The van der Waals surface area contributed by atoms with E-state index in [9.17, 15) is 5.11 Å². The number of hydrogen-bond donors (Lipinski definition) is 1. The number of hydrogen-bond acceptors (Lipinski definition) is 1. The van der Waals surface area contributed by atoms with E-state index in [1.54, 1.807) is 5.57 Å². The van der Waals surface area contributed by atoms with Crippen molar-refractivity contribution in [3.8, 4) is 0 Å². The van der Waals surface area contributed by atoms with Gasteiger partial charge in [0.25, 0.3) is 0 Å². The van der Waals surface area contributed by atoms with Crippen molar-refractivity contribution in [1.29, 1.82) is 0 Å². The third kappa shape index (κ3) is 2.17. The van der Waals surface area contributed by atoms with Crippen molar-refractivity contribution in [3.63, 3.8) is 0 Å². The van der Waals surface area contributed by atoms with E-state index < -0.39 is 0 Å². The number of aliphatic hydroxyl groups excluding tert-OH is 1. The highest BCUT2D eigenvalue weighted by Gasteiger charge is 2.55. The average Bonchev–Trinajstić information content (AvgIpc) is 2.84. The Morgan fingerprint density at radius 1 is 1.14 bits per heavy atom. The smallest absolute Gasteiger partial charge is 0.0499 e. The molecule has 2 aliphatic rings. The highest BCUT2D eigenvalue weighted by molar-refractivity contribution is 5.34. The highest BCUT2D eigenvalue weighted by Crippen LogP contribution is 2.62. The standard InChI is InChI=1S/C21H30O/c1-5-21(13-22)18(17-9-7-6-8-10-17)12-15(3)19-14(2)11-16(4)20(19)21/h6-10,12,14,16,18-20,22H,5,11,13H2,1-4H3/t14-,16-,18-,19-,20+,21+/m1/s1. The second-order valence-corrected chi connectivity index (χ2v) is 7.79. The van der Waals surface area contributed by atoms with Gasteiger partial charge in [0, 0.05) is 17.9 Å². The van der Waals surface area contributed by atoms with Crippen LogP contribution in [0.1, 0.15) is 52.0 Å². The molecule has 1 heteroatoms. The Morgan fingerprint density at radius 2 is 1.82 bits per heavy atom. The van der Waals surface area contributed by atoms with E-state index in [0.717, 1.165) is 12.3 Å². The summed E-state index contributed by atoms with van der Waals surface area (Å²) in [5.41, 5.74) is 2.91. The fourth-order valence-electron chi connectivity index (χ4n) is 5.85. The molecule has 0 aromatic heterocycles. The van der Waals surface area contributed by atoms with Crippen LogP contribution in [0.25, 0.3) is 0 Å². The van der Waals surface area contributed by atoms with Gasteiger partial charge < -0.3 is 5.11 Å². The molecule has 1 N–H and O–H groups in total. The molecule has 0 aliphatic heterocycles. The molecule has 1 aromatic rings. The maximum Gasteiger partial charge on any atom is 0.0499 e. The lowest BCUT2D eigenvalue weighted by Crippen LogP contribution is -2.46. The second-order valence-electron chi connectivity index (χ2n) is 7.79. The summed E-state index contributed by atoms with van der Waals surface area (Å²) >= 11 is 0. The second kappa shape index (κ2) is 5.85. The zero-order chi connectivity index (χ0) is 15.9. The number of benzene rings is 1. The first-order valence-corrected chi connectivity index (χ1v) is 8.89. The predicted octanol–water partition coefficient (Wildman–Crippen LogP) is 5.03. The van der Waals surface area contributed by atoms with Gasteiger partial charge in [0.1, 0.15) is 0 Å². The molecule has 22 heavy (non-hydrogen) atoms. The largest absolute Gasteiger partial charge is 0.396 e. The highest BCUT2D eigenvalue weighted by atomic mass is 16.3. The van der Waals surface area contributed by atoms with Gasteiger partial charge in [-0.25, -0.2) is 0 Å².